The fraction of sp³-hybridized carbons (Fsp3) is 0.483. The predicted molar refractivity (Wildman–Crippen MR) is 275 cm³/mol. The second kappa shape index (κ2) is 19.4. The van der Waals surface area contributed by atoms with Crippen LogP contribution in [0.15, 0.2) is 95.9 Å². The molecule has 2 aliphatic heterocycles. The van der Waals surface area contributed by atoms with Crippen LogP contribution in [0.4, 0.5) is 0 Å². The van der Waals surface area contributed by atoms with Crippen LogP contribution in [-0.4, -0.2) is 46.8 Å². The van der Waals surface area contributed by atoms with Crippen molar-refractivity contribution in [3.8, 4) is 34.1 Å². The third-order valence-electron chi connectivity index (χ3n) is 15.0. The van der Waals surface area contributed by atoms with Gasteiger partial charge in [-0.25, -0.2) is 0 Å². The molecule has 0 aromatic heterocycles. The van der Waals surface area contributed by atoms with Crippen LogP contribution in [0.2, 0.25) is 19.1 Å². The molecule has 6 nitrogen and oxygen atoms in total. The van der Waals surface area contributed by atoms with Gasteiger partial charge in [0.15, 0.2) is 18.9 Å². The maximum atomic E-state index is 7.88. The van der Waals surface area contributed by atoms with E-state index in [4.69, 9.17) is 28.1 Å². The lowest BCUT2D eigenvalue weighted by Gasteiger charge is -2.40. The number of thioether (sulfide) groups is 1. The number of fused-ring (bicyclic) bond motifs is 11. The summed E-state index contributed by atoms with van der Waals surface area (Å²) in [7, 11) is 0.0827. The minimum absolute atomic E-state index is 0.101. The van der Waals surface area contributed by atoms with Gasteiger partial charge in [-0.15, -0.1) is 0 Å². The van der Waals surface area contributed by atoms with Crippen LogP contribution in [0.3, 0.4) is 0 Å². The highest BCUT2D eigenvalue weighted by molar-refractivity contribution is 8.01. The van der Waals surface area contributed by atoms with Crippen LogP contribution in [-0.2, 0) is 20.2 Å². The highest BCUT2D eigenvalue weighted by atomic mass is 32.2. The smallest absolute Gasteiger partial charge is 0.186 e. The first-order valence-electron chi connectivity index (χ1n) is 25.1. The Kier molecular flexibility index (Phi) is 13.8. The second-order valence-electron chi connectivity index (χ2n) is 20.4. The molecule has 0 amide bonds. The summed E-state index contributed by atoms with van der Waals surface area (Å²) in [5.41, 5.74) is 7.89. The monoisotopic (exact) mass is 924 g/mol. The fourth-order valence-corrected chi connectivity index (χ4v) is 14.6. The molecule has 8 heteroatoms. The molecule has 1 fully saturated rings. The summed E-state index contributed by atoms with van der Waals surface area (Å²) in [5, 5.41) is 2.35. The molecular weight excluding hydrogens is 853 g/mol. The fourth-order valence-electron chi connectivity index (χ4n) is 11.5. The Balaban J connectivity index is 1.10. The first-order chi connectivity index (χ1) is 31.9. The van der Waals surface area contributed by atoms with E-state index in [1.165, 1.54) is 76.6 Å². The zero-order valence-electron chi connectivity index (χ0n) is 40.9. The lowest BCUT2D eigenvalue weighted by atomic mass is 9.67. The Bertz CT molecular complexity index is 2510. The predicted octanol–water partition coefficient (Wildman–Crippen LogP) is 15.5. The van der Waals surface area contributed by atoms with E-state index in [1.807, 2.05) is 23.9 Å². The highest BCUT2D eigenvalue weighted by Gasteiger charge is 2.50. The SMILES string of the molecule is CCCCO[Si](C)(C)CCCOCCOc1ccc(C2(c3ccc(OC)cc3)C=Cc3c4c(c5cc6c(cc5c3O2)SC(C(C)C)(C(C)C)O6)-c2ccccc2C42CCCCCCC2)cc1. The number of benzene rings is 5. The Labute approximate surface area is 400 Å². The standard InChI is InChI=1S/C58H72O6SSi/c1-9-10-34-62-66(7,8)37-18-33-60-35-36-61-45-27-23-43(24-28-45)57(42-21-25-44(59-6)26-22-42)32-29-47-54-53(46-19-14-15-20-50(46)56(54)30-16-12-11-13-17-31-56)48-38-51-52(39-49(48)55(47)64-57)65-58(63-51,40(2)3)41(4)5/h14-15,19-29,32,38-41H,9-13,16-18,30-31,33-37H2,1-8H3. The number of ether oxygens (including phenoxy) is 5. The Morgan fingerprint density at radius 1 is 0.727 bits per heavy atom. The molecule has 1 unspecified atom stereocenters. The molecule has 2 heterocycles. The summed E-state index contributed by atoms with van der Waals surface area (Å²) >= 11 is 1.89. The molecular formula is C58H72O6SSi. The summed E-state index contributed by atoms with van der Waals surface area (Å²) in [6.45, 7) is 18.7. The van der Waals surface area contributed by atoms with E-state index in [-0.39, 0.29) is 10.3 Å². The van der Waals surface area contributed by atoms with Crippen molar-refractivity contribution in [2.45, 2.75) is 139 Å². The van der Waals surface area contributed by atoms with Gasteiger partial charge < -0.3 is 28.1 Å². The van der Waals surface area contributed by atoms with Gasteiger partial charge in [0.25, 0.3) is 0 Å². The molecule has 2 aliphatic carbocycles. The maximum absolute atomic E-state index is 7.88. The first-order valence-corrected chi connectivity index (χ1v) is 29.0. The van der Waals surface area contributed by atoms with Crippen molar-refractivity contribution in [1.82, 2.24) is 0 Å². The zero-order valence-corrected chi connectivity index (χ0v) is 42.7. The van der Waals surface area contributed by atoms with E-state index in [9.17, 15) is 0 Å². The van der Waals surface area contributed by atoms with Crippen LogP contribution >= 0.6 is 11.8 Å². The van der Waals surface area contributed by atoms with Crippen molar-refractivity contribution in [2.75, 3.05) is 33.5 Å². The highest BCUT2D eigenvalue weighted by Crippen LogP contribution is 2.64. The molecule has 1 saturated carbocycles. The van der Waals surface area contributed by atoms with Crippen LogP contribution < -0.4 is 18.9 Å². The molecule has 5 aromatic rings. The Hall–Kier alpha value is -4.21. The van der Waals surface area contributed by atoms with E-state index in [2.05, 4.69) is 133 Å². The van der Waals surface area contributed by atoms with Crippen molar-refractivity contribution >= 4 is 36.9 Å². The lowest BCUT2D eigenvalue weighted by Crippen LogP contribution is -2.40. The van der Waals surface area contributed by atoms with Crippen LogP contribution in [0.1, 0.15) is 127 Å². The quantitative estimate of drug-likeness (QED) is 0.0680. The first kappa shape index (κ1) is 46.9. The molecule has 4 aliphatic rings. The minimum Gasteiger partial charge on any atom is -0.497 e. The van der Waals surface area contributed by atoms with E-state index in [1.54, 1.807) is 7.11 Å². The van der Waals surface area contributed by atoms with Gasteiger partial charge in [-0.05, 0) is 115 Å². The summed E-state index contributed by atoms with van der Waals surface area (Å²) in [6, 6.07) is 32.1. The molecule has 0 bridgehead atoms. The van der Waals surface area contributed by atoms with Gasteiger partial charge in [-0.3, -0.25) is 0 Å². The van der Waals surface area contributed by atoms with E-state index < -0.39 is 13.9 Å². The lowest BCUT2D eigenvalue weighted by molar-refractivity contribution is 0.0757. The van der Waals surface area contributed by atoms with Gasteiger partial charge in [0, 0.05) is 52.5 Å². The van der Waals surface area contributed by atoms with Crippen molar-refractivity contribution < 1.29 is 28.1 Å². The van der Waals surface area contributed by atoms with Crippen molar-refractivity contribution in [2.24, 2.45) is 11.8 Å². The van der Waals surface area contributed by atoms with Gasteiger partial charge in [0.1, 0.15) is 29.6 Å². The molecule has 66 heavy (non-hydrogen) atoms. The Morgan fingerprint density at radius 3 is 2.09 bits per heavy atom. The van der Waals surface area contributed by atoms with Gasteiger partial charge >= 0.3 is 0 Å². The molecule has 5 aromatic carbocycles. The molecule has 0 N–H and O–H groups in total. The van der Waals surface area contributed by atoms with Gasteiger partial charge in [-0.1, -0.05) is 140 Å². The van der Waals surface area contributed by atoms with Crippen LogP contribution in [0, 0.1) is 11.8 Å². The average Bonchev–Trinajstić information content (AvgIpc) is 3.85. The van der Waals surface area contributed by atoms with Crippen molar-refractivity contribution in [3.05, 3.63) is 119 Å². The molecule has 350 valence electrons. The third kappa shape index (κ3) is 8.62. The number of methoxy groups -OCH3 is 1. The summed E-state index contributed by atoms with van der Waals surface area (Å²) in [5.74, 6) is 4.19. The molecule has 0 saturated heterocycles. The van der Waals surface area contributed by atoms with E-state index in [0.717, 1.165) is 84.5 Å². The minimum atomic E-state index is -1.64. The van der Waals surface area contributed by atoms with Crippen molar-refractivity contribution in [1.29, 1.82) is 0 Å². The molecule has 1 spiro atoms. The number of unbranched alkanes of at least 4 members (excludes halogenated alkanes) is 1. The van der Waals surface area contributed by atoms with Gasteiger partial charge in [0.05, 0.1) is 18.6 Å². The summed E-state index contributed by atoms with van der Waals surface area (Å²) in [4.78, 5) is 0.826. The van der Waals surface area contributed by atoms with Crippen molar-refractivity contribution in [3.63, 3.8) is 0 Å². The van der Waals surface area contributed by atoms with Gasteiger partial charge in [0.2, 0.25) is 0 Å². The number of rotatable bonds is 17. The topological polar surface area (TPSA) is 55.4 Å². The molecule has 9 rings (SSSR count). The van der Waals surface area contributed by atoms with Gasteiger partial charge in [-0.2, -0.15) is 0 Å². The van der Waals surface area contributed by atoms with E-state index in [0.29, 0.717) is 25.0 Å². The summed E-state index contributed by atoms with van der Waals surface area (Å²) in [6.07, 6.45) is 16.6. The average molecular weight is 925 g/mol. The Morgan fingerprint density at radius 2 is 1.41 bits per heavy atom. The largest absolute Gasteiger partial charge is 0.497 e. The maximum Gasteiger partial charge on any atom is 0.186 e. The molecule has 1 atom stereocenters. The number of hydrogen-bond acceptors (Lipinski definition) is 7. The molecule has 0 radical (unpaired) electrons. The number of hydrogen-bond donors (Lipinski definition) is 0. The summed E-state index contributed by atoms with van der Waals surface area (Å²) < 4.78 is 39.2. The third-order valence-corrected chi connectivity index (χ3v) is 19.4. The zero-order chi connectivity index (χ0) is 46.1. The van der Waals surface area contributed by atoms with E-state index >= 15 is 0 Å². The van der Waals surface area contributed by atoms with Crippen LogP contribution in [0.5, 0.6) is 23.0 Å². The normalized spacial score (nSPS) is 19.2. The second-order valence-corrected chi connectivity index (χ2v) is 26.0. The van der Waals surface area contributed by atoms with Crippen LogP contribution in [0.25, 0.3) is 28.0 Å².